The fourth-order valence-electron chi connectivity index (χ4n) is 2.65. The molecule has 0 bridgehead atoms. The number of non-ortho nitro benzene ring substituents is 1. The van der Waals surface area contributed by atoms with Crippen molar-refractivity contribution in [3.63, 3.8) is 0 Å². The smallest absolute Gasteiger partial charge is 0.271 e. The van der Waals surface area contributed by atoms with Crippen LogP contribution >= 0.6 is 0 Å². The van der Waals surface area contributed by atoms with Gasteiger partial charge in [0.25, 0.3) is 5.69 Å². The summed E-state index contributed by atoms with van der Waals surface area (Å²) in [5.41, 5.74) is 1.32. The van der Waals surface area contributed by atoms with E-state index in [1.165, 1.54) is 12.1 Å². The van der Waals surface area contributed by atoms with E-state index >= 15 is 0 Å². The van der Waals surface area contributed by atoms with Gasteiger partial charge in [0.1, 0.15) is 0 Å². The minimum Gasteiger partial charge on any atom is -0.387 e. The number of nitrogens with one attached hydrogen (secondary N) is 1. The van der Waals surface area contributed by atoms with Crippen LogP contribution in [0, 0.1) is 10.1 Å². The summed E-state index contributed by atoms with van der Waals surface area (Å²) in [4.78, 5) is 22.4. The molecule has 0 aliphatic carbocycles. The number of aliphatic hydroxyl groups is 1. The number of nitro benzene ring substituents is 1. The largest absolute Gasteiger partial charge is 0.387 e. The van der Waals surface area contributed by atoms with E-state index in [-0.39, 0.29) is 31.1 Å². The first-order valence-corrected chi connectivity index (χ1v) is 8.14. The summed E-state index contributed by atoms with van der Waals surface area (Å²) in [6, 6.07) is 13.6. The van der Waals surface area contributed by atoms with Crippen LogP contribution in [-0.2, 0) is 11.3 Å². The van der Waals surface area contributed by atoms with Gasteiger partial charge in [-0.25, -0.2) is 0 Å². The second kappa shape index (κ2) is 7.75. The van der Waals surface area contributed by atoms with Gasteiger partial charge in [0.05, 0.1) is 29.3 Å². The Hall–Kier alpha value is -3.26. The molecule has 0 aliphatic rings. The van der Waals surface area contributed by atoms with Crippen LogP contribution in [0.5, 0.6) is 0 Å². The van der Waals surface area contributed by atoms with E-state index in [2.05, 4.69) is 10.4 Å². The highest BCUT2D eigenvalue weighted by Gasteiger charge is 2.12. The monoisotopic (exact) mass is 354 g/mol. The number of amides is 1. The standard InChI is InChI=1S/C18H18N4O4/c23-17(13-4-2-1-3-5-13)12-19-18(24)8-9-21-16-10-15(22(25)26)7-6-14(16)11-20-21/h1-7,10-11,17,23H,8-9,12H2,(H,19,24)/t17-/m1/s1. The first-order chi connectivity index (χ1) is 12.5. The highest BCUT2D eigenvalue weighted by molar-refractivity contribution is 5.81. The van der Waals surface area contributed by atoms with Crippen molar-refractivity contribution < 1.29 is 14.8 Å². The highest BCUT2D eigenvalue weighted by atomic mass is 16.6. The van der Waals surface area contributed by atoms with Crippen LogP contribution in [0.4, 0.5) is 5.69 Å². The molecule has 0 radical (unpaired) electrons. The number of carbonyl (C=O) groups is 1. The predicted octanol–water partition coefficient (Wildman–Crippen LogP) is 2.18. The molecule has 1 heterocycles. The summed E-state index contributed by atoms with van der Waals surface area (Å²) >= 11 is 0. The summed E-state index contributed by atoms with van der Waals surface area (Å²) in [7, 11) is 0. The number of hydrogen-bond donors (Lipinski definition) is 2. The van der Waals surface area contributed by atoms with Gasteiger partial charge >= 0.3 is 0 Å². The summed E-state index contributed by atoms with van der Waals surface area (Å²) < 4.78 is 1.57. The Bertz CT molecular complexity index is 923. The maximum Gasteiger partial charge on any atom is 0.271 e. The van der Waals surface area contributed by atoms with Gasteiger partial charge in [-0.05, 0) is 11.6 Å². The second-order valence-electron chi connectivity index (χ2n) is 5.85. The van der Waals surface area contributed by atoms with Crippen molar-refractivity contribution in [2.24, 2.45) is 0 Å². The minimum atomic E-state index is -0.770. The lowest BCUT2D eigenvalue weighted by Gasteiger charge is -2.12. The normalized spacial score (nSPS) is 12.0. The molecule has 134 valence electrons. The number of benzene rings is 2. The van der Waals surface area contributed by atoms with E-state index in [0.29, 0.717) is 5.52 Å². The number of aliphatic hydroxyl groups excluding tert-OH is 1. The van der Waals surface area contributed by atoms with Crippen molar-refractivity contribution in [3.05, 3.63) is 70.4 Å². The number of carbonyl (C=O) groups excluding carboxylic acids is 1. The zero-order valence-corrected chi connectivity index (χ0v) is 13.9. The van der Waals surface area contributed by atoms with Crippen molar-refractivity contribution in [1.82, 2.24) is 15.1 Å². The molecule has 0 saturated carbocycles. The third-order valence-corrected chi connectivity index (χ3v) is 4.07. The maximum absolute atomic E-state index is 12.0. The summed E-state index contributed by atoms with van der Waals surface area (Å²) in [6.45, 7) is 0.409. The van der Waals surface area contributed by atoms with Crippen molar-refractivity contribution in [2.45, 2.75) is 19.1 Å². The summed E-state index contributed by atoms with van der Waals surface area (Å²) in [6.07, 6.45) is 0.991. The average Bonchev–Trinajstić information content (AvgIpc) is 3.07. The molecular weight excluding hydrogens is 336 g/mol. The Morgan fingerprint density at radius 2 is 2.04 bits per heavy atom. The van der Waals surface area contributed by atoms with Crippen molar-refractivity contribution in [2.75, 3.05) is 6.54 Å². The Balaban J connectivity index is 1.57. The highest BCUT2D eigenvalue weighted by Crippen LogP contribution is 2.20. The topological polar surface area (TPSA) is 110 Å². The Morgan fingerprint density at radius 1 is 1.27 bits per heavy atom. The fraction of sp³-hybridized carbons (Fsp3) is 0.222. The van der Waals surface area contributed by atoms with E-state index in [9.17, 15) is 20.0 Å². The Labute approximate surface area is 149 Å². The molecule has 0 saturated heterocycles. The molecule has 0 spiro atoms. The molecule has 8 heteroatoms. The lowest BCUT2D eigenvalue weighted by atomic mass is 10.1. The SMILES string of the molecule is O=C(CCn1ncc2ccc([N+](=O)[O-])cc21)NC[C@@H](O)c1ccccc1. The van der Waals surface area contributed by atoms with Crippen LogP contribution < -0.4 is 5.32 Å². The minimum absolute atomic E-state index is 0.0188. The molecule has 2 N–H and O–H groups in total. The van der Waals surface area contributed by atoms with Gasteiger partial charge < -0.3 is 10.4 Å². The first-order valence-electron chi connectivity index (χ1n) is 8.14. The molecule has 0 unspecified atom stereocenters. The molecule has 3 rings (SSSR count). The molecule has 1 aromatic heterocycles. The second-order valence-corrected chi connectivity index (χ2v) is 5.85. The number of nitro groups is 1. The van der Waals surface area contributed by atoms with E-state index < -0.39 is 11.0 Å². The molecule has 0 fully saturated rings. The van der Waals surface area contributed by atoms with E-state index in [1.807, 2.05) is 18.2 Å². The molecule has 3 aromatic rings. The first kappa shape index (κ1) is 17.6. The number of fused-ring (bicyclic) bond motifs is 1. The van der Waals surface area contributed by atoms with E-state index in [4.69, 9.17) is 0 Å². The van der Waals surface area contributed by atoms with Gasteiger partial charge in [0.2, 0.25) is 5.91 Å². The maximum atomic E-state index is 12.0. The van der Waals surface area contributed by atoms with Crippen molar-refractivity contribution in [1.29, 1.82) is 0 Å². The third kappa shape index (κ3) is 4.04. The van der Waals surface area contributed by atoms with Crippen LogP contribution in [0.1, 0.15) is 18.1 Å². The zero-order chi connectivity index (χ0) is 18.5. The van der Waals surface area contributed by atoms with Crippen molar-refractivity contribution in [3.8, 4) is 0 Å². The van der Waals surface area contributed by atoms with Gasteiger partial charge in [-0.15, -0.1) is 0 Å². The Kier molecular flexibility index (Phi) is 5.23. The third-order valence-electron chi connectivity index (χ3n) is 4.07. The van der Waals surface area contributed by atoms with Crippen LogP contribution in [0.2, 0.25) is 0 Å². The van der Waals surface area contributed by atoms with Crippen LogP contribution in [0.25, 0.3) is 10.9 Å². The summed E-state index contributed by atoms with van der Waals surface area (Å²) in [5, 5.41) is 28.6. The van der Waals surface area contributed by atoms with Crippen LogP contribution in [0.15, 0.2) is 54.7 Å². The van der Waals surface area contributed by atoms with E-state index in [0.717, 1.165) is 10.9 Å². The van der Waals surface area contributed by atoms with Crippen LogP contribution in [0.3, 0.4) is 0 Å². The zero-order valence-electron chi connectivity index (χ0n) is 13.9. The molecule has 26 heavy (non-hydrogen) atoms. The Morgan fingerprint density at radius 3 is 2.77 bits per heavy atom. The van der Waals surface area contributed by atoms with Gasteiger partial charge in [-0.3, -0.25) is 19.6 Å². The molecule has 1 atom stereocenters. The van der Waals surface area contributed by atoms with E-state index in [1.54, 1.807) is 29.1 Å². The summed E-state index contributed by atoms with van der Waals surface area (Å²) in [5.74, 6) is -0.228. The molecular formula is C18H18N4O4. The number of nitrogens with zero attached hydrogens (tertiary/aromatic N) is 3. The van der Waals surface area contributed by atoms with Crippen molar-refractivity contribution >= 4 is 22.5 Å². The predicted molar refractivity (Wildman–Crippen MR) is 95.4 cm³/mol. The fourth-order valence-corrected chi connectivity index (χ4v) is 2.65. The average molecular weight is 354 g/mol. The van der Waals surface area contributed by atoms with Gasteiger partial charge in [0.15, 0.2) is 0 Å². The molecule has 1 amide bonds. The molecule has 2 aromatic carbocycles. The molecule has 8 nitrogen and oxygen atoms in total. The molecule has 0 aliphatic heterocycles. The van der Waals surface area contributed by atoms with Gasteiger partial charge in [-0.1, -0.05) is 30.3 Å². The number of aryl methyl sites for hydroxylation is 1. The quantitative estimate of drug-likeness (QED) is 0.499. The lowest BCUT2D eigenvalue weighted by Crippen LogP contribution is -2.29. The number of hydrogen-bond acceptors (Lipinski definition) is 5. The van der Waals surface area contributed by atoms with Gasteiger partial charge in [0, 0.05) is 30.5 Å². The van der Waals surface area contributed by atoms with Gasteiger partial charge in [-0.2, -0.15) is 5.10 Å². The number of aromatic nitrogens is 2. The van der Waals surface area contributed by atoms with Crippen LogP contribution in [-0.4, -0.2) is 32.3 Å². The lowest BCUT2D eigenvalue weighted by molar-refractivity contribution is -0.384. The number of rotatable bonds is 7.